The number of rotatable bonds is 7. The lowest BCUT2D eigenvalue weighted by atomic mass is 10.1. The van der Waals surface area contributed by atoms with Gasteiger partial charge in [-0.15, -0.1) is 5.10 Å². The quantitative estimate of drug-likeness (QED) is 0.635. The molecule has 0 spiro atoms. The molecule has 7 heteroatoms. The lowest BCUT2D eigenvalue weighted by molar-refractivity contribution is -0.121. The molecule has 0 aliphatic carbocycles. The van der Waals surface area contributed by atoms with Gasteiger partial charge < -0.3 is 5.32 Å². The van der Waals surface area contributed by atoms with Crippen LogP contribution < -0.4 is 5.32 Å². The normalized spacial score (nSPS) is 12.3. The molecule has 1 N–H and O–H groups in total. The van der Waals surface area contributed by atoms with Crippen LogP contribution in [0.3, 0.4) is 0 Å². The van der Waals surface area contributed by atoms with Crippen molar-refractivity contribution in [3.8, 4) is 0 Å². The molecule has 3 rings (SSSR count). The number of carbonyl (C=O) groups excluding carboxylic acids is 1. The molecule has 6 nitrogen and oxygen atoms in total. The van der Waals surface area contributed by atoms with Crippen molar-refractivity contribution < 1.29 is 4.79 Å². The van der Waals surface area contributed by atoms with Crippen LogP contribution >= 0.6 is 11.8 Å². The van der Waals surface area contributed by atoms with Crippen molar-refractivity contribution in [3.05, 3.63) is 52.8 Å². The van der Waals surface area contributed by atoms with E-state index in [0.717, 1.165) is 29.8 Å². The highest BCUT2D eigenvalue weighted by Crippen LogP contribution is 2.17. The molecule has 27 heavy (non-hydrogen) atoms. The molecular weight excluding hydrogens is 358 g/mol. The lowest BCUT2D eigenvalue weighted by Crippen LogP contribution is -2.34. The summed E-state index contributed by atoms with van der Waals surface area (Å²) in [7, 11) is 0. The first-order valence-electron chi connectivity index (χ1n) is 9.08. The summed E-state index contributed by atoms with van der Waals surface area (Å²) < 4.78 is 1.72. The number of fused-ring (bicyclic) bond motifs is 1. The zero-order valence-electron chi connectivity index (χ0n) is 16.2. The van der Waals surface area contributed by atoms with Crippen molar-refractivity contribution in [2.75, 3.05) is 6.26 Å². The van der Waals surface area contributed by atoms with Gasteiger partial charge in [-0.25, -0.2) is 9.50 Å². The van der Waals surface area contributed by atoms with Crippen LogP contribution in [0.1, 0.15) is 35.9 Å². The number of carbonyl (C=O) groups is 1. The highest BCUT2D eigenvalue weighted by molar-refractivity contribution is 7.98. The Balaban J connectivity index is 1.64. The molecule has 2 aromatic heterocycles. The molecule has 3 aromatic rings. The Morgan fingerprint density at radius 1 is 1.22 bits per heavy atom. The zero-order valence-corrected chi connectivity index (χ0v) is 17.0. The first kappa shape index (κ1) is 19.4. The van der Waals surface area contributed by atoms with Crippen molar-refractivity contribution in [1.29, 1.82) is 0 Å². The molecular formula is C20H25N5OS. The lowest BCUT2D eigenvalue weighted by Gasteiger charge is -2.15. The first-order chi connectivity index (χ1) is 13.0. The van der Waals surface area contributed by atoms with Crippen molar-refractivity contribution >= 4 is 23.4 Å². The third-order valence-electron chi connectivity index (χ3n) is 4.67. The Labute approximate surface area is 163 Å². The van der Waals surface area contributed by atoms with Gasteiger partial charge in [0.15, 0.2) is 0 Å². The van der Waals surface area contributed by atoms with E-state index in [1.165, 1.54) is 17.3 Å². The van der Waals surface area contributed by atoms with Crippen LogP contribution in [0, 0.1) is 13.8 Å². The topological polar surface area (TPSA) is 72.2 Å². The van der Waals surface area contributed by atoms with E-state index in [0.29, 0.717) is 17.4 Å². The van der Waals surface area contributed by atoms with E-state index < -0.39 is 0 Å². The van der Waals surface area contributed by atoms with Gasteiger partial charge in [-0.1, -0.05) is 42.1 Å². The SMILES string of the molecule is CSc1nc2nc(C)c(CC(=O)NC(C)CCc3ccccc3)c(C)n2n1. The number of benzene rings is 1. The predicted molar refractivity (Wildman–Crippen MR) is 108 cm³/mol. The molecule has 1 aromatic carbocycles. The minimum absolute atomic E-state index is 0.00752. The van der Waals surface area contributed by atoms with Gasteiger partial charge >= 0.3 is 0 Å². The maximum atomic E-state index is 12.5. The van der Waals surface area contributed by atoms with Crippen LogP contribution in [-0.2, 0) is 17.6 Å². The highest BCUT2D eigenvalue weighted by atomic mass is 32.2. The smallest absolute Gasteiger partial charge is 0.253 e. The number of aromatic nitrogens is 4. The number of hydrogen-bond donors (Lipinski definition) is 1. The number of aryl methyl sites for hydroxylation is 3. The van der Waals surface area contributed by atoms with Crippen LogP contribution in [0.2, 0.25) is 0 Å². The van der Waals surface area contributed by atoms with E-state index >= 15 is 0 Å². The summed E-state index contributed by atoms with van der Waals surface area (Å²) in [5, 5.41) is 8.22. The Kier molecular flexibility index (Phi) is 6.11. The molecule has 2 heterocycles. The van der Waals surface area contributed by atoms with Gasteiger partial charge in [0.2, 0.25) is 11.1 Å². The molecule has 1 unspecified atom stereocenters. The van der Waals surface area contributed by atoms with Crippen LogP contribution in [0.4, 0.5) is 0 Å². The standard InChI is InChI=1S/C20H25N5OS/c1-13(10-11-16-8-6-5-7-9-16)21-18(26)12-17-14(2)22-19-23-20(27-4)24-25(19)15(17)3/h5-9,13H,10-12H2,1-4H3,(H,21,26). The van der Waals surface area contributed by atoms with Gasteiger partial charge in [-0.3, -0.25) is 4.79 Å². The Hall–Kier alpha value is -2.41. The van der Waals surface area contributed by atoms with E-state index in [1.807, 2.05) is 45.2 Å². The van der Waals surface area contributed by atoms with Crippen LogP contribution in [-0.4, -0.2) is 37.8 Å². The van der Waals surface area contributed by atoms with E-state index in [-0.39, 0.29) is 11.9 Å². The second-order valence-electron chi connectivity index (χ2n) is 6.74. The molecule has 0 aliphatic rings. The Bertz CT molecular complexity index is 938. The maximum absolute atomic E-state index is 12.5. The predicted octanol–water partition coefficient (Wildman–Crippen LogP) is 3.14. The van der Waals surface area contributed by atoms with Crippen LogP contribution in [0.15, 0.2) is 35.5 Å². The summed E-state index contributed by atoms with van der Waals surface area (Å²) in [5.41, 5.74) is 3.94. The minimum Gasteiger partial charge on any atom is -0.353 e. The van der Waals surface area contributed by atoms with Crippen LogP contribution in [0.5, 0.6) is 0 Å². The second-order valence-corrected chi connectivity index (χ2v) is 7.51. The summed E-state index contributed by atoms with van der Waals surface area (Å²) in [5.74, 6) is 0.586. The summed E-state index contributed by atoms with van der Waals surface area (Å²) in [6.07, 6.45) is 4.09. The van der Waals surface area contributed by atoms with Crippen LogP contribution in [0.25, 0.3) is 5.78 Å². The van der Waals surface area contributed by atoms with Crippen molar-refractivity contribution in [1.82, 2.24) is 24.9 Å². The zero-order chi connectivity index (χ0) is 19.4. The van der Waals surface area contributed by atoms with Gasteiger partial charge in [0, 0.05) is 23.0 Å². The molecule has 1 atom stereocenters. The number of thioether (sulfide) groups is 1. The van der Waals surface area contributed by atoms with Gasteiger partial charge in [0.1, 0.15) is 0 Å². The van der Waals surface area contributed by atoms with E-state index in [4.69, 9.17) is 0 Å². The summed E-state index contributed by atoms with van der Waals surface area (Å²) in [4.78, 5) is 21.4. The minimum atomic E-state index is 0.00752. The summed E-state index contributed by atoms with van der Waals surface area (Å²) in [6, 6.07) is 10.4. The molecule has 1 amide bonds. The van der Waals surface area contributed by atoms with Gasteiger partial charge in [0.25, 0.3) is 5.78 Å². The first-order valence-corrected chi connectivity index (χ1v) is 10.3. The maximum Gasteiger partial charge on any atom is 0.253 e. The fourth-order valence-corrected chi connectivity index (χ4v) is 3.45. The molecule has 0 radical (unpaired) electrons. The Morgan fingerprint density at radius 2 is 1.96 bits per heavy atom. The Morgan fingerprint density at radius 3 is 2.67 bits per heavy atom. The average Bonchev–Trinajstić information content (AvgIpc) is 3.07. The van der Waals surface area contributed by atoms with Crippen molar-refractivity contribution in [3.63, 3.8) is 0 Å². The highest BCUT2D eigenvalue weighted by Gasteiger charge is 2.17. The summed E-state index contributed by atoms with van der Waals surface area (Å²) in [6.45, 7) is 5.92. The molecule has 142 valence electrons. The molecule has 0 fully saturated rings. The van der Waals surface area contributed by atoms with Crippen molar-refractivity contribution in [2.45, 2.75) is 51.2 Å². The average molecular weight is 384 g/mol. The fraction of sp³-hybridized carbons (Fsp3) is 0.400. The van der Waals surface area contributed by atoms with Gasteiger partial charge in [0.05, 0.1) is 6.42 Å². The summed E-state index contributed by atoms with van der Waals surface area (Å²) >= 11 is 1.48. The fourth-order valence-electron chi connectivity index (χ4n) is 3.12. The number of nitrogens with zero attached hydrogens (tertiary/aromatic N) is 4. The number of amides is 1. The molecule has 0 aliphatic heterocycles. The van der Waals surface area contributed by atoms with E-state index in [9.17, 15) is 4.79 Å². The number of nitrogens with one attached hydrogen (secondary N) is 1. The van der Waals surface area contributed by atoms with E-state index in [1.54, 1.807) is 4.52 Å². The van der Waals surface area contributed by atoms with E-state index in [2.05, 4.69) is 32.5 Å². The molecule has 0 saturated carbocycles. The molecule has 0 saturated heterocycles. The monoisotopic (exact) mass is 383 g/mol. The van der Waals surface area contributed by atoms with Gasteiger partial charge in [-0.05, 0) is 45.4 Å². The third-order valence-corrected chi connectivity index (χ3v) is 5.20. The third kappa shape index (κ3) is 4.66. The second kappa shape index (κ2) is 8.52. The molecule has 0 bridgehead atoms. The largest absolute Gasteiger partial charge is 0.353 e. The number of hydrogen-bond acceptors (Lipinski definition) is 5. The van der Waals surface area contributed by atoms with Gasteiger partial charge in [-0.2, -0.15) is 4.98 Å². The van der Waals surface area contributed by atoms with Crippen molar-refractivity contribution in [2.24, 2.45) is 0 Å².